The fraction of sp³-hybridized carbons (Fsp3) is 0.346. The van der Waals surface area contributed by atoms with Crippen LogP contribution in [0.2, 0.25) is 0 Å². The number of likely N-dealkylation sites (tertiary alicyclic amines) is 1. The van der Waals surface area contributed by atoms with Crippen molar-refractivity contribution in [3.8, 4) is 0 Å². The van der Waals surface area contributed by atoms with Gasteiger partial charge in [0.15, 0.2) is 0 Å². The van der Waals surface area contributed by atoms with Crippen LogP contribution in [0.5, 0.6) is 0 Å². The molecule has 2 heterocycles. The number of fused-ring (bicyclic) bond motifs is 1. The van der Waals surface area contributed by atoms with E-state index in [-0.39, 0.29) is 18.2 Å². The molecule has 0 aliphatic carbocycles. The Balaban J connectivity index is 1.60. The van der Waals surface area contributed by atoms with Crippen molar-refractivity contribution in [2.75, 3.05) is 29.9 Å². The Morgan fingerprint density at radius 1 is 1.03 bits per heavy atom. The summed E-state index contributed by atoms with van der Waals surface area (Å²) in [5.41, 5.74) is 4.30. The number of nitrogens with zero attached hydrogens (tertiary/aromatic N) is 3. The number of amides is 4. The second-order valence-electron chi connectivity index (χ2n) is 8.90. The molecule has 4 amide bonds. The second kappa shape index (κ2) is 10.1. The third-order valence-corrected chi connectivity index (χ3v) is 6.23. The minimum absolute atomic E-state index is 0.133. The molecule has 0 saturated carbocycles. The molecule has 0 bridgehead atoms. The highest BCUT2D eigenvalue weighted by atomic mass is 16.2. The van der Waals surface area contributed by atoms with Gasteiger partial charge in [0.1, 0.15) is 12.3 Å². The number of benzodiazepines with no additional fused rings is 1. The van der Waals surface area contributed by atoms with Crippen molar-refractivity contribution in [1.82, 2.24) is 10.2 Å². The molecule has 182 valence electrons. The summed E-state index contributed by atoms with van der Waals surface area (Å²) in [6, 6.07) is 12.3. The van der Waals surface area contributed by atoms with Crippen LogP contribution in [0.4, 0.5) is 16.2 Å². The van der Waals surface area contributed by atoms with Crippen molar-refractivity contribution in [3.63, 3.8) is 0 Å². The molecule has 2 N–H and O–H groups in total. The first-order valence-corrected chi connectivity index (χ1v) is 11.6. The molecule has 0 radical (unpaired) electrons. The number of para-hydroxylation sites is 1. The average Bonchev–Trinajstić information content (AvgIpc) is 2.90. The lowest BCUT2D eigenvalue weighted by atomic mass is 10.0. The third-order valence-electron chi connectivity index (χ3n) is 6.23. The van der Waals surface area contributed by atoms with Crippen LogP contribution in [-0.2, 0) is 14.4 Å². The van der Waals surface area contributed by atoms with Gasteiger partial charge in [-0.2, -0.15) is 0 Å². The van der Waals surface area contributed by atoms with Crippen molar-refractivity contribution < 1.29 is 19.2 Å². The number of piperidine rings is 1. The fourth-order valence-corrected chi connectivity index (χ4v) is 4.39. The Bertz CT molecular complexity index is 1210. The van der Waals surface area contributed by atoms with Gasteiger partial charge in [-0.15, -0.1) is 0 Å². The highest BCUT2D eigenvalue weighted by Crippen LogP contribution is 2.29. The maximum Gasteiger partial charge on any atom is 0.321 e. The standard InChI is InChI=1S/C26H29N5O4/c1-16-6-4-8-19(14-16)28-26(35)29-24-25(34)31(15-22(33)30-12-10-20(32)11-13-30)23-17(2)7-5-9-21(23)18(3)27-24/h4-9,14,24H,10-13,15H2,1-3H3,(H2,28,29,35)/t24-/m0/s1. The number of Topliss-reactive ketones (excluding diaryl/α,β-unsaturated/α-hetero) is 1. The first-order valence-electron chi connectivity index (χ1n) is 11.6. The van der Waals surface area contributed by atoms with Crippen LogP contribution < -0.4 is 15.5 Å². The molecule has 9 nitrogen and oxygen atoms in total. The van der Waals surface area contributed by atoms with Crippen molar-refractivity contribution >= 4 is 40.7 Å². The van der Waals surface area contributed by atoms with Gasteiger partial charge >= 0.3 is 6.03 Å². The van der Waals surface area contributed by atoms with Gasteiger partial charge in [0.25, 0.3) is 5.91 Å². The number of hydrogen-bond donors (Lipinski definition) is 2. The van der Waals surface area contributed by atoms with Crippen LogP contribution in [0.15, 0.2) is 47.5 Å². The summed E-state index contributed by atoms with van der Waals surface area (Å²) in [7, 11) is 0. The lowest BCUT2D eigenvalue weighted by Gasteiger charge is -2.31. The summed E-state index contributed by atoms with van der Waals surface area (Å²) in [5.74, 6) is -0.616. The van der Waals surface area contributed by atoms with E-state index in [1.165, 1.54) is 4.90 Å². The maximum atomic E-state index is 13.7. The predicted molar refractivity (Wildman–Crippen MR) is 134 cm³/mol. The van der Waals surface area contributed by atoms with E-state index in [0.29, 0.717) is 43.0 Å². The number of aryl methyl sites for hydroxylation is 2. The number of rotatable bonds is 4. The zero-order valence-electron chi connectivity index (χ0n) is 20.1. The van der Waals surface area contributed by atoms with Gasteiger partial charge in [-0.25, -0.2) is 4.79 Å². The van der Waals surface area contributed by atoms with E-state index >= 15 is 0 Å². The van der Waals surface area contributed by atoms with Gasteiger partial charge in [0.05, 0.1) is 5.69 Å². The number of urea groups is 1. The number of nitrogens with one attached hydrogen (secondary N) is 2. The molecule has 0 unspecified atom stereocenters. The van der Waals surface area contributed by atoms with Crippen LogP contribution in [0.3, 0.4) is 0 Å². The van der Waals surface area contributed by atoms with Gasteiger partial charge in [-0.1, -0.05) is 30.3 Å². The fourth-order valence-electron chi connectivity index (χ4n) is 4.39. The highest BCUT2D eigenvalue weighted by Gasteiger charge is 2.35. The molecule has 0 spiro atoms. The second-order valence-corrected chi connectivity index (χ2v) is 8.90. The predicted octanol–water partition coefficient (Wildman–Crippen LogP) is 2.80. The Kier molecular flexibility index (Phi) is 6.95. The molecule has 2 aliphatic heterocycles. The quantitative estimate of drug-likeness (QED) is 0.708. The molecule has 4 rings (SSSR count). The molecule has 35 heavy (non-hydrogen) atoms. The number of carbonyl (C=O) groups is 4. The van der Waals surface area contributed by atoms with Gasteiger partial charge in [0.2, 0.25) is 12.1 Å². The van der Waals surface area contributed by atoms with E-state index in [2.05, 4.69) is 15.6 Å². The lowest BCUT2D eigenvalue weighted by molar-refractivity contribution is -0.134. The van der Waals surface area contributed by atoms with E-state index in [1.807, 2.05) is 50.2 Å². The Morgan fingerprint density at radius 3 is 2.46 bits per heavy atom. The van der Waals surface area contributed by atoms with Crippen LogP contribution >= 0.6 is 0 Å². The van der Waals surface area contributed by atoms with Gasteiger partial charge in [-0.3, -0.25) is 24.3 Å². The van der Waals surface area contributed by atoms with Crippen LogP contribution in [0.1, 0.15) is 36.5 Å². The van der Waals surface area contributed by atoms with E-state index in [1.54, 1.807) is 17.9 Å². The Hall–Kier alpha value is -4.01. The number of benzene rings is 2. The van der Waals surface area contributed by atoms with Crippen molar-refractivity contribution in [3.05, 3.63) is 59.2 Å². The lowest BCUT2D eigenvalue weighted by Crippen LogP contribution is -2.52. The number of carbonyl (C=O) groups excluding carboxylic acids is 4. The Morgan fingerprint density at radius 2 is 1.74 bits per heavy atom. The van der Waals surface area contributed by atoms with Gasteiger partial charge < -0.3 is 15.5 Å². The minimum Gasteiger partial charge on any atom is -0.340 e. The SMILES string of the molecule is CC1=N[C@@H](NC(=O)Nc2cccc(C)c2)C(=O)N(CC(=O)N2CCC(=O)CC2)c2c(C)cccc21. The van der Waals surface area contributed by atoms with Crippen LogP contribution in [-0.4, -0.2) is 60.0 Å². The maximum absolute atomic E-state index is 13.7. The normalized spacial score (nSPS) is 17.9. The van der Waals surface area contributed by atoms with Crippen molar-refractivity contribution in [2.45, 2.75) is 39.8 Å². The van der Waals surface area contributed by atoms with E-state index in [9.17, 15) is 19.2 Å². The summed E-state index contributed by atoms with van der Waals surface area (Å²) >= 11 is 0. The Labute approximate surface area is 204 Å². The molecule has 1 atom stereocenters. The van der Waals surface area contributed by atoms with Crippen molar-refractivity contribution in [1.29, 1.82) is 0 Å². The van der Waals surface area contributed by atoms with Gasteiger partial charge in [0, 0.05) is 42.9 Å². The molecular formula is C26H29N5O4. The molecule has 0 aromatic heterocycles. The summed E-state index contributed by atoms with van der Waals surface area (Å²) in [5, 5.41) is 5.38. The molecule has 2 aromatic rings. The summed E-state index contributed by atoms with van der Waals surface area (Å²) in [6.45, 7) is 6.05. The largest absolute Gasteiger partial charge is 0.340 e. The number of hydrogen-bond acceptors (Lipinski definition) is 5. The van der Waals surface area contributed by atoms with Crippen LogP contribution in [0.25, 0.3) is 0 Å². The highest BCUT2D eigenvalue weighted by molar-refractivity contribution is 6.14. The first kappa shape index (κ1) is 24.1. The molecule has 2 aliphatic rings. The average molecular weight is 476 g/mol. The summed E-state index contributed by atoms with van der Waals surface area (Å²) < 4.78 is 0. The molecule has 9 heteroatoms. The van der Waals surface area contributed by atoms with Crippen LogP contribution in [0, 0.1) is 13.8 Å². The zero-order chi connectivity index (χ0) is 25.1. The number of anilines is 2. The van der Waals surface area contributed by atoms with E-state index < -0.39 is 18.1 Å². The molecule has 1 fully saturated rings. The number of aliphatic imine (C=N–C) groups is 1. The number of ketones is 1. The van der Waals surface area contributed by atoms with E-state index in [0.717, 1.165) is 16.7 Å². The topological polar surface area (TPSA) is 111 Å². The monoisotopic (exact) mass is 475 g/mol. The smallest absolute Gasteiger partial charge is 0.321 e. The summed E-state index contributed by atoms with van der Waals surface area (Å²) in [4.78, 5) is 58.6. The minimum atomic E-state index is -1.21. The summed E-state index contributed by atoms with van der Waals surface area (Å²) in [6.07, 6.45) is -0.566. The third kappa shape index (κ3) is 5.40. The molecular weight excluding hydrogens is 446 g/mol. The van der Waals surface area contributed by atoms with Gasteiger partial charge in [-0.05, 0) is 44.0 Å². The van der Waals surface area contributed by atoms with E-state index in [4.69, 9.17) is 0 Å². The van der Waals surface area contributed by atoms with Crippen molar-refractivity contribution in [2.24, 2.45) is 4.99 Å². The molecule has 1 saturated heterocycles. The zero-order valence-corrected chi connectivity index (χ0v) is 20.1. The molecule has 2 aromatic carbocycles. The first-order chi connectivity index (χ1) is 16.7.